The van der Waals surface area contributed by atoms with Crippen molar-refractivity contribution in [3.8, 4) is 28.3 Å². The van der Waals surface area contributed by atoms with Gasteiger partial charge in [-0.3, -0.25) is 0 Å². The molecule has 0 saturated carbocycles. The van der Waals surface area contributed by atoms with Gasteiger partial charge in [-0.15, -0.1) is 11.3 Å². The van der Waals surface area contributed by atoms with Crippen LogP contribution >= 0.6 is 11.3 Å². The summed E-state index contributed by atoms with van der Waals surface area (Å²) in [6, 6.07) is 57.0. The Balaban J connectivity index is 1.18. The molecule has 0 radical (unpaired) electrons. The van der Waals surface area contributed by atoms with Crippen LogP contribution in [0.1, 0.15) is 0 Å². The van der Waals surface area contributed by atoms with Crippen LogP contribution in [0.5, 0.6) is 11.5 Å². The zero-order valence-corrected chi connectivity index (χ0v) is 25.7. The molecule has 0 saturated heterocycles. The van der Waals surface area contributed by atoms with E-state index in [1.807, 2.05) is 11.3 Å². The monoisotopic (exact) mass is 603 g/mol. The summed E-state index contributed by atoms with van der Waals surface area (Å²) in [7, 11) is 0. The second-order valence-electron chi connectivity index (χ2n) is 12.0. The van der Waals surface area contributed by atoms with Crippen molar-refractivity contribution in [2.45, 2.75) is 0 Å². The van der Waals surface area contributed by atoms with Crippen molar-refractivity contribution in [1.82, 2.24) is 4.57 Å². The van der Waals surface area contributed by atoms with Crippen molar-refractivity contribution < 1.29 is 4.74 Å². The molecule has 46 heavy (non-hydrogen) atoms. The third-order valence-electron chi connectivity index (χ3n) is 9.54. The highest BCUT2D eigenvalue weighted by atomic mass is 32.1. The van der Waals surface area contributed by atoms with Crippen LogP contribution in [0.25, 0.3) is 58.8 Å². The fraction of sp³-hybridized carbons (Fsp3) is 0. The molecule has 10 rings (SSSR count). The lowest BCUT2D eigenvalue weighted by Crippen LogP contribution is -2.54. The summed E-state index contributed by atoms with van der Waals surface area (Å²) < 4.78 is 11.4. The van der Waals surface area contributed by atoms with Crippen molar-refractivity contribution >= 4 is 76.4 Å². The third-order valence-corrected chi connectivity index (χ3v) is 10.8. The SMILES string of the molecule is c1cc(B2c3ccccc3Oc3ccccc32)cc(-c2cccc3c2sc2c(-n4c5ccccc5c5ccccc54)cccc23)c1. The lowest BCUT2D eigenvalue weighted by Gasteiger charge is -2.26. The second kappa shape index (κ2) is 9.97. The van der Waals surface area contributed by atoms with E-state index in [0.29, 0.717) is 0 Å². The molecule has 1 aliphatic heterocycles. The Bertz CT molecular complexity index is 2550. The van der Waals surface area contributed by atoms with Gasteiger partial charge < -0.3 is 9.30 Å². The summed E-state index contributed by atoms with van der Waals surface area (Å²) in [6.45, 7) is 0.101. The van der Waals surface area contributed by atoms with Gasteiger partial charge in [0, 0.05) is 26.2 Å². The number of ether oxygens (including phenoxy) is 1. The fourth-order valence-electron chi connectivity index (χ4n) is 7.55. The lowest BCUT2D eigenvalue weighted by molar-refractivity contribution is 0.487. The van der Waals surface area contributed by atoms with Crippen LogP contribution in [0.3, 0.4) is 0 Å². The van der Waals surface area contributed by atoms with Gasteiger partial charge in [-0.25, -0.2) is 0 Å². The van der Waals surface area contributed by atoms with Crippen LogP contribution in [0.2, 0.25) is 0 Å². The van der Waals surface area contributed by atoms with Crippen molar-refractivity contribution in [1.29, 1.82) is 0 Å². The second-order valence-corrected chi connectivity index (χ2v) is 13.1. The number of benzene rings is 7. The van der Waals surface area contributed by atoms with Crippen LogP contribution in [-0.4, -0.2) is 11.3 Å². The largest absolute Gasteiger partial charge is 0.458 e. The molecule has 1 aliphatic rings. The summed E-state index contributed by atoms with van der Waals surface area (Å²) >= 11 is 1.90. The highest BCUT2D eigenvalue weighted by molar-refractivity contribution is 7.26. The summed E-state index contributed by atoms with van der Waals surface area (Å²) in [4.78, 5) is 0. The number of aromatic nitrogens is 1. The first-order chi connectivity index (χ1) is 22.8. The number of nitrogens with zero attached hydrogens (tertiary/aromatic N) is 1. The number of hydrogen-bond acceptors (Lipinski definition) is 2. The standard InChI is InChI=1S/C42H26BNOS/c1-5-21-36-30(14-1)31-15-2-6-22-37(31)44(36)38-23-11-18-33-32-17-10-16-29(41(32)46-42(33)38)27-12-9-13-28(26-27)43-34-19-3-7-24-39(34)45-40-25-8-4-20-35(40)43/h1-26H. The number of thiophene rings is 1. The van der Waals surface area contributed by atoms with Crippen molar-refractivity contribution in [3.05, 3.63) is 158 Å². The van der Waals surface area contributed by atoms with Gasteiger partial charge in [0.25, 0.3) is 6.71 Å². The summed E-state index contributed by atoms with van der Waals surface area (Å²) in [5, 5.41) is 5.16. The molecule has 7 aromatic carbocycles. The zero-order chi connectivity index (χ0) is 30.2. The van der Waals surface area contributed by atoms with Gasteiger partial charge in [0.05, 0.1) is 21.4 Å². The molecular formula is C42H26BNOS. The number of fused-ring (bicyclic) bond motifs is 8. The van der Waals surface area contributed by atoms with E-state index in [9.17, 15) is 0 Å². The molecule has 0 aliphatic carbocycles. The fourth-order valence-corrected chi connectivity index (χ4v) is 8.89. The number of para-hydroxylation sites is 4. The van der Waals surface area contributed by atoms with Gasteiger partial charge in [-0.05, 0) is 52.4 Å². The maximum atomic E-state index is 6.33. The van der Waals surface area contributed by atoms with Gasteiger partial charge in [-0.1, -0.05) is 133 Å². The van der Waals surface area contributed by atoms with E-state index in [-0.39, 0.29) is 6.71 Å². The smallest absolute Gasteiger partial charge is 0.250 e. The quantitative estimate of drug-likeness (QED) is 0.184. The molecule has 3 heterocycles. The molecule has 2 aromatic heterocycles. The van der Waals surface area contributed by atoms with Crippen molar-refractivity contribution in [2.24, 2.45) is 0 Å². The maximum absolute atomic E-state index is 6.33. The average molecular weight is 604 g/mol. The first kappa shape index (κ1) is 25.7. The average Bonchev–Trinajstić information content (AvgIpc) is 3.67. The molecule has 0 spiro atoms. The Labute approximate surface area is 270 Å². The van der Waals surface area contributed by atoms with Crippen LogP contribution in [0.4, 0.5) is 0 Å². The third kappa shape index (κ3) is 3.71. The highest BCUT2D eigenvalue weighted by Gasteiger charge is 2.32. The van der Waals surface area contributed by atoms with E-state index < -0.39 is 0 Å². The van der Waals surface area contributed by atoms with Crippen LogP contribution in [-0.2, 0) is 0 Å². The zero-order valence-electron chi connectivity index (χ0n) is 24.9. The van der Waals surface area contributed by atoms with E-state index in [1.54, 1.807) is 0 Å². The molecule has 0 bridgehead atoms. The summed E-state index contributed by atoms with van der Waals surface area (Å²) in [6.07, 6.45) is 0. The highest BCUT2D eigenvalue weighted by Crippen LogP contribution is 2.44. The normalized spacial score (nSPS) is 12.5. The first-order valence-corrected chi connectivity index (χ1v) is 16.5. The minimum absolute atomic E-state index is 0.101. The molecule has 0 N–H and O–H groups in total. The molecule has 0 atom stereocenters. The molecule has 0 fully saturated rings. The predicted octanol–water partition coefficient (Wildman–Crippen LogP) is 9.44. The van der Waals surface area contributed by atoms with E-state index in [2.05, 4.69) is 162 Å². The van der Waals surface area contributed by atoms with Crippen LogP contribution < -0.4 is 21.1 Å². The number of hydrogen-bond donors (Lipinski definition) is 0. The van der Waals surface area contributed by atoms with E-state index in [4.69, 9.17) is 4.74 Å². The van der Waals surface area contributed by atoms with Gasteiger partial charge in [0.2, 0.25) is 0 Å². The predicted molar refractivity (Wildman–Crippen MR) is 197 cm³/mol. The van der Waals surface area contributed by atoms with Gasteiger partial charge >= 0.3 is 0 Å². The molecule has 0 unspecified atom stereocenters. The van der Waals surface area contributed by atoms with E-state index >= 15 is 0 Å². The Morgan fingerprint density at radius 3 is 1.76 bits per heavy atom. The Kier molecular flexibility index (Phi) is 5.57. The van der Waals surface area contributed by atoms with Crippen molar-refractivity contribution in [2.75, 3.05) is 0 Å². The lowest BCUT2D eigenvalue weighted by atomic mass is 9.36. The van der Waals surface area contributed by atoms with E-state index in [0.717, 1.165) is 11.5 Å². The Hall–Kier alpha value is -5.58. The van der Waals surface area contributed by atoms with Crippen molar-refractivity contribution in [3.63, 3.8) is 0 Å². The number of rotatable bonds is 3. The van der Waals surface area contributed by atoms with E-state index in [1.165, 1.54) is 75.2 Å². The maximum Gasteiger partial charge on any atom is 0.250 e. The Morgan fingerprint density at radius 1 is 0.478 bits per heavy atom. The van der Waals surface area contributed by atoms with Crippen LogP contribution in [0.15, 0.2) is 158 Å². The van der Waals surface area contributed by atoms with Crippen LogP contribution in [0, 0.1) is 0 Å². The minimum atomic E-state index is 0.101. The van der Waals surface area contributed by atoms with Gasteiger partial charge in [0.1, 0.15) is 11.5 Å². The van der Waals surface area contributed by atoms with Gasteiger partial charge in [0.15, 0.2) is 0 Å². The molecule has 0 amide bonds. The first-order valence-electron chi connectivity index (χ1n) is 15.7. The minimum Gasteiger partial charge on any atom is -0.458 e. The summed E-state index contributed by atoms with van der Waals surface area (Å²) in [5.74, 6) is 1.86. The summed E-state index contributed by atoms with van der Waals surface area (Å²) in [5.41, 5.74) is 9.87. The molecular weight excluding hydrogens is 577 g/mol. The molecule has 9 aromatic rings. The molecule has 214 valence electrons. The molecule has 4 heteroatoms. The molecule has 2 nitrogen and oxygen atoms in total. The van der Waals surface area contributed by atoms with Gasteiger partial charge in [-0.2, -0.15) is 0 Å². The topological polar surface area (TPSA) is 14.2 Å². The Morgan fingerprint density at radius 2 is 1.04 bits per heavy atom.